The molecule has 1 aliphatic carbocycles. The van der Waals surface area contributed by atoms with Gasteiger partial charge in [-0.3, -0.25) is 4.79 Å². The topological polar surface area (TPSA) is 110 Å². The summed E-state index contributed by atoms with van der Waals surface area (Å²) in [4.78, 5) is 33.7. The summed E-state index contributed by atoms with van der Waals surface area (Å²) in [6, 6.07) is 15.8. The first-order valence-corrected chi connectivity index (χ1v) is 15.9. The van der Waals surface area contributed by atoms with Gasteiger partial charge < -0.3 is 34.9 Å². The van der Waals surface area contributed by atoms with E-state index in [-0.39, 0.29) is 30.1 Å². The van der Waals surface area contributed by atoms with Crippen LogP contribution in [-0.2, 0) is 4.74 Å². The molecule has 0 bridgehead atoms. The molecule has 44 heavy (non-hydrogen) atoms. The minimum Gasteiger partial charge on any atom is -0.496 e. The first kappa shape index (κ1) is 31.4. The number of hydrogen-bond donors (Lipinski definition) is 3. The van der Waals surface area contributed by atoms with Gasteiger partial charge in [0.1, 0.15) is 5.75 Å². The number of alkyl carbamates (subject to hydrolysis) is 1. The fraction of sp³-hybridized carbons (Fsp3) is 0.500. The summed E-state index contributed by atoms with van der Waals surface area (Å²) in [5, 5.41) is 10.1. The summed E-state index contributed by atoms with van der Waals surface area (Å²) in [7, 11) is 1.68. The van der Waals surface area contributed by atoms with Gasteiger partial charge in [0.05, 0.1) is 37.3 Å². The third kappa shape index (κ3) is 7.18. The maximum atomic E-state index is 14.3. The Balaban J connectivity index is 1.39. The number of nitrogens with one attached hydrogen (secondary N) is 3. The summed E-state index contributed by atoms with van der Waals surface area (Å²) in [6.45, 7) is 8.51. The van der Waals surface area contributed by atoms with E-state index in [1.807, 2.05) is 68.1 Å². The third-order valence-corrected chi connectivity index (χ3v) is 8.68. The smallest absolute Gasteiger partial charge is 0.407 e. The molecule has 2 aliphatic rings. The van der Waals surface area contributed by atoms with Gasteiger partial charge in [-0.1, -0.05) is 49.2 Å². The predicted molar refractivity (Wildman–Crippen MR) is 172 cm³/mol. The largest absolute Gasteiger partial charge is 0.496 e. The highest BCUT2D eigenvalue weighted by atomic mass is 16.6. The van der Waals surface area contributed by atoms with E-state index in [2.05, 4.69) is 26.6 Å². The number of carbonyl (C=O) groups excluding carboxylic acids is 2. The number of ether oxygens (including phenoxy) is 2. The minimum absolute atomic E-state index is 0.0123. The van der Waals surface area contributed by atoms with Gasteiger partial charge in [0, 0.05) is 49.0 Å². The van der Waals surface area contributed by atoms with E-state index in [1.165, 1.54) is 0 Å². The molecular formula is C34H46N6O4. The monoisotopic (exact) mass is 602 g/mol. The number of imidazole rings is 1. The maximum absolute atomic E-state index is 14.3. The second kappa shape index (κ2) is 14.6. The van der Waals surface area contributed by atoms with Crippen LogP contribution in [0, 0.1) is 6.92 Å². The highest BCUT2D eigenvalue weighted by Crippen LogP contribution is 2.35. The molecule has 0 spiro atoms. The van der Waals surface area contributed by atoms with Crippen LogP contribution in [0.15, 0.2) is 54.9 Å². The average molecular weight is 603 g/mol. The molecule has 236 valence electrons. The SMILES string of the molecule is COc1cccc(NCC[C@@H]2CNCCN2C(=O)c2ncn([C@H]3CCCC[C@@H]3NC(=O)OC(C)C)c2-c2ccccc2)c1C. The van der Waals surface area contributed by atoms with Gasteiger partial charge in [-0.15, -0.1) is 0 Å². The van der Waals surface area contributed by atoms with Crippen molar-refractivity contribution in [2.45, 2.75) is 77.1 Å². The Morgan fingerprint density at radius 3 is 2.66 bits per heavy atom. The van der Waals surface area contributed by atoms with Crippen LogP contribution in [0.2, 0.25) is 0 Å². The van der Waals surface area contributed by atoms with Crippen molar-refractivity contribution in [3.8, 4) is 17.0 Å². The Labute approximate surface area is 260 Å². The van der Waals surface area contributed by atoms with E-state index in [1.54, 1.807) is 13.4 Å². The number of carbonyl (C=O) groups is 2. The van der Waals surface area contributed by atoms with Gasteiger partial charge >= 0.3 is 6.09 Å². The molecule has 2 fully saturated rings. The number of piperazine rings is 1. The van der Waals surface area contributed by atoms with E-state index in [9.17, 15) is 9.59 Å². The molecule has 10 heteroatoms. The number of benzene rings is 2. The Morgan fingerprint density at radius 2 is 1.89 bits per heavy atom. The quantitative estimate of drug-likeness (QED) is 0.285. The zero-order chi connectivity index (χ0) is 31.1. The van der Waals surface area contributed by atoms with Crippen molar-refractivity contribution >= 4 is 17.7 Å². The van der Waals surface area contributed by atoms with Crippen molar-refractivity contribution in [3.63, 3.8) is 0 Å². The number of methoxy groups -OCH3 is 1. The van der Waals surface area contributed by atoms with E-state index >= 15 is 0 Å². The summed E-state index contributed by atoms with van der Waals surface area (Å²) in [5.41, 5.74) is 4.28. The molecule has 3 N–H and O–H groups in total. The molecule has 3 atom stereocenters. The van der Waals surface area contributed by atoms with Crippen LogP contribution < -0.4 is 20.7 Å². The predicted octanol–water partition coefficient (Wildman–Crippen LogP) is 5.40. The van der Waals surface area contributed by atoms with E-state index in [4.69, 9.17) is 14.5 Å². The summed E-state index contributed by atoms with van der Waals surface area (Å²) < 4.78 is 13.0. The number of aromatic nitrogens is 2. The molecular weight excluding hydrogens is 556 g/mol. The van der Waals surface area contributed by atoms with Gasteiger partial charge in [0.25, 0.3) is 5.91 Å². The van der Waals surface area contributed by atoms with Crippen LogP contribution >= 0.6 is 0 Å². The second-order valence-corrected chi connectivity index (χ2v) is 12.0. The fourth-order valence-electron chi connectivity index (χ4n) is 6.49. The standard InChI is InChI=1S/C34H46N6O4/c1-23(2)44-34(42)38-28-13-8-9-15-29(28)40-22-37-31(32(40)25-11-6-5-7-12-25)33(41)39-20-19-35-21-26(39)17-18-36-27-14-10-16-30(43-4)24(27)3/h5-7,10-12,14,16,22-23,26,28-29,35-36H,8-9,13,15,17-21H2,1-4H3,(H,38,42)/t26-,28+,29+/m1/s1. The van der Waals surface area contributed by atoms with Gasteiger partial charge in [0.15, 0.2) is 5.69 Å². The molecule has 10 nitrogen and oxygen atoms in total. The lowest BCUT2D eigenvalue weighted by molar-refractivity contribution is 0.0624. The highest BCUT2D eigenvalue weighted by molar-refractivity contribution is 5.98. The molecule has 5 rings (SSSR count). The van der Waals surface area contributed by atoms with Crippen LogP contribution in [0.5, 0.6) is 5.75 Å². The lowest BCUT2D eigenvalue weighted by Gasteiger charge is -2.36. The van der Waals surface area contributed by atoms with Crippen LogP contribution in [-0.4, -0.2) is 77.9 Å². The molecule has 2 amide bonds. The van der Waals surface area contributed by atoms with Gasteiger partial charge in [-0.25, -0.2) is 9.78 Å². The van der Waals surface area contributed by atoms with Crippen molar-refractivity contribution in [1.29, 1.82) is 0 Å². The molecule has 1 aliphatic heterocycles. The van der Waals surface area contributed by atoms with E-state index < -0.39 is 6.09 Å². The molecule has 1 aromatic heterocycles. The second-order valence-electron chi connectivity index (χ2n) is 12.0. The normalized spacial score (nSPS) is 20.3. The molecule has 0 radical (unpaired) electrons. The van der Waals surface area contributed by atoms with Crippen molar-refractivity contribution in [3.05, 3.63) is 66.1 Å². The number of amides is 2. The number of hydrogen-bond acceptors (Lipinski definition) is 7. The number of rotatable bonds is 10. The third-order valence-electron chi connectivity index (χ3n) is 8.68. The molecule has 2 heterocycles. The van der Waals surface area contributed by atoms with Crippen LogP contribution in [0.25, 0.3) is 11.3 Å². The first-order valence-electron chi connectivity index (χ1n) is 15.9. The van der Waals surface area contributed by atoms with Crippen molar-refractivity contribution < 1.29 is 19.1 Å². The van der Waals surface area contributed by atoms with Crippen LogP contribution in [0.3, 0.4) is 0 Å². The fourth-order valence-corrected chi connectivity index (χ4v) is 6.49. The first-order chi connectivity index (χ1) is 21.4. The molecule has 3 aromatic rings. The summed E-state index contributed by atoms with van der Waals surface area (Å²) in [5.74, 6) is 0.786. The highest BCUT2D eigenvalue weighted by Gasteiger charge is 2.35. The van der Waals surface area contributed by atoms with Crippen molar-refractivity contribution in [2.75, 3.05) is 38.6 Å². The van der Waals surface area contributed by atoms with Gasteiger partial charge in [-0.05, 0) is 52.2 Å². The Hall–Kier alpha value is -4.05. The van der Waals surface area contributed by atoms with Crippen LogP contribution in [0.1, 0.15) is 68.0 Å². The van der Waals surface area contributed by atoms with Gasteiger partial charge in [0.2, 0.25) is 0 Å². The van der Waals surface area contributed by atoms with Crippen LogP contribution in [0.4, 0.5) is 10.5 Å². The molecule has 2 aromatic carbocycles. The van der Waals surface area contributed by atoms with Crippen molar-refractivity contribution in [2.24, 2.45) is 0 Å². The van der Waals surface area contributed by atoms with E-state index in [0.29, 0.717) is 18.8 Å². The van der Waals surface area contributed by atoms with Gasteiger partial charge in [-0.2, -0.15) is 0 Å². The number of anilines is 1. The summed E-state index contributed by atoms with van der Waals surface area (Å²) in [6.07, 6.45) is 5.75. The maximum Gasteiger partial charge on any atom is 0.407 e. The molecule has 0 unspecified atom stereocenters. The lowest BCUT2D eigenvalue weighted by Crippen LogP contribution is -2.54. The zero-order valence-electron chi connectivity index (χ0n) is 26.3. The Kier molecular flexibility index (Phi) is 10.4. The Bertz CT molecular complexity index is 1410. The van der Waals surface area contributed by atoms with Crippen molar-refractivity contribution in [1.82, 2.24) is 25.1 Å². The minimum atomic E-state index is -0.406. The van der Waals surface area contributed by atoms with E-state index in [0.717, 1.165) is 73.5 Å². The number of nitrogens with zero attached hydrogens (tertiary/aromatic N) is 3. The average Bonchev–Trinajstić information content (AvgIpc) is 3.47. The lowest BCUT2D eigenvalue weighted by atomic mass is 9.89. The summed E-state index contributed by atoms with van der Waals surface area (Å²) >= 11 is 0. The molecule has 1 saturated heterocycles. The zero-order valence-corrected chi connectivity index (χ0v) is 26.3. The Morgan fingerprint density at radius 1 is 1.09 bits per heavy atom. The molecule has 1 saturated carbocycles.